The summed E-state index contributed by atoms with van der Waals surface area (Å²) in [6.07, 6.45) is 1.80. The van der Waals surface area contributed by atoms with Gasteiger partial charge in [0, 0.05) is 6.08 Å². The molecule has 9 heteroatoms. The van der Waals surface area contributed by atoms with E-state index < -0.39 is 17.1 Å². The zero-order chi connectivity index (χ0) is 13.1. The van der Waals surface area contributed by atoms with E-state index in [1.807, 2.05) is 6.92 Å². The molecule has 1 aromatic heterocycles. The first-order valence-corrected chi connectivity index (χ1v) is 6.60. The quantitative estimate of drug-likeness (QED) is 0.800. The number of carbonyl (C=O) groups excluding carboxylic acids is 3. The second-order valence-electron chi connectivity index (χ2n) is 3.20. The summed E-state index contributed by atoms with van der Waals surface area (Å²) in [6, 6.07) is 0. The van der Waals surface area contributed by atoms with Gasteiger partial charge in [0.05, 0.1) is 4.91 Å². The highest BCUT2D eigenvalue weighted by atomic mass is 32.2. The fourth-order valence-electron chi connectivity index (χ4n) is 1.13. The third kappa shape index (κ3) is 2.93. The summed E-state index contributed by atoms with van der Waals surface area (Å²) in [5, 5.41) is 12.8. The molecule has 2 N–H and O–H groups in total. The molecule has 1 fully saturated rings. The number of aromatic nitrogens is 2. The van der Waals surface area contributed by atoms with Gasteiger partial charge in [-0.1, -0.05) is 18.3 Å². The number of imide groups is 1. The van der Waals surface area contributed by atoms with Crippen LogP contribution in [-0.2, 0) is 16.0 Å². The van der Waals surface area contributed by atoms with E-state index in [2.05, 4.69) is 20.8 Å². The van der Waals surface area contributed by atoms with Crippen LogP contribution in [0.25, 0.3) is 0 Å². The maximum Gasteiger partial charge on any atom is 0.290 e. The van der Waals surface area contributed by atoms with Crippen molar-refractivity contribution in [2.24, 2.45) is 0 Å². The maximum atomic E-state index is 11.6. The SMILES string of the molecule is CCc1nnc(NC(=O)/C=C2\SC(=O)NC2=O)s1. The Morgan fingerprint density at radius 1 is 1.44 bits per heavy atom. The lowest BCUT2D eigenvalue weighted by Gasteiger charge is -1.95. The first-order chi connectivity index (χ1) is 8.58. The normalized spacial score (nSPS) is 17.1. The van der Waals surface area contributed by atoms with Crippen molar-refractivity contribution in [3.63, 3.8) is 0 Å². The molecular formula is C9H8N4O3S2. The highest BCUT2D eigenvalue weighted by Gasteiger charge is 2.26. The number of amides is 3. The van der Waals surface area contributed by atoms with E-state index in [1.165, 1.54) is 11.3 Å². The van der Waals surface area contributed by atoms with Gasteiger partial charge in [0.2, 0.25) is 5.13 Å². The fourth-order valence-corrected chi connectivity index (χ4v) is 2.46. The van der Waals surface area contributed by atoms with Crippen LogP contribution in [-0.4, -0.2) is 27.3 Å². The highest BCUT2D eigenvalue weighted by molar-refractivity contribution is 8.18. The Balaban J connectivity index is 2.02. The van der Waals surface area contributed by atoms with Crippen LogP contribution in [0, 0.1) is 0 Å². The van der Waals surface area contributed by atoms with E-state index in [0.717, 1.165) is 17.5 Å². The predicted molar refractivity (Wildman–Crippen MR) is 67.1 cm³/mol. The van der Waals surface area contributed by atoms with Gasteiger partial charge in [0.1, 0.15) is 5.01 Å². The van der Waals surface area contributed by atoms with E-state index >= 15 is 0 Å². The van der Waals surface area contributed by atoms with Crippen LogP contribution in [0.1, 0.15) is 11.9 Å². The number of hydrogen-bond donors (Lipinski definition) is 2. The molecule has 0 radical (unpaired) electrons. The molecule has 18 heavy (non-hydrogen) atoms. The van der Waals surface area contributed by atoms with E-state index in [-0.39, 0.29) is 4.91 Å². The number of aryl methyl sites for hydroxylation is 1. The molecule has 2 heterocycles. The zero-order valence-electron chi connectivity index (χ0n) is 9.22. The predicted octanol–water partition coefficient (Wildman–Crippen LogP) is 0.906. The Labute approximate surface area is 110 Å². The molecule has 7 nitrogen and oxygen atoms in total. The summed E-state index contributed by atoms with van der Waals surface area (Å²) in [7, 11) is 0. The largest absolute Gasteiger partial charge is 0.297 e. The van der Waals surface area contributed by atoms with Crippen LogP contribution < -0.4 is 10.6 Å². The van der Waals surface area contributed by atoms with Crippen molar-refractivity contribution in [3.05, 3.63) is 16.0 Å². The molecule has 1 saturated heterocycles. The molecule has 0 unspecified atom stereocenters. The first-order valence-electron chi connectivity index (χ1n) is 4.96. The molecule has 0 aliphatic carbocycles. The lowest BCUT2D eigenvalue weighted by Crippen LogP contribution is -2.18. The van der Waals surface area contributed by atoms with Crippen molar-refractivity contribution < 1.29 is 14.4 Å². The molecule has 1 aliphatic rings. The van der Waals surface area contributed by atoms with Gasteiger partial charge in [-0.2, -0.15) is 0 Å². The lowest BCUT2D eigenvalue weighted by molar-refractivity contribution is -0.116. The number of nitrogens with zero attached hydrogens (tertiary/aromatic N) is 2. The Hall–Kier alpha value is -1.74. The topological polar surface area (TPSA) is 101 Å². The van der Waals surface area contributed by atoms with E-state index in [4.69, 9.17) is 0 Å². The third-order valence-corrected chi connectivity index (χ3v) is 3.70. The molecular weight excluding hydrogens is 276 g/mol. The number of thioether (sulfide) groups is 1. The van der Waals surface area contributed by atoms with E-state index in [1.54, 1.807) is 0 Å². The van der Waals surface area contributed by atoms with Crippen LogP contribution in [0.5, 0.6) is 0 Å². The average molecular weight is 284 g/mol. The highest BCUT2D eigenvalue weighted by Crippen LogP contribution is 2.23. The molecule has 1 aliphatic heterocycles. The number of anilines is 1. The molecule has 0 aromatic carbocycles. The maximum absolute atomic E-state index is 11.6. The second kappa shape index (κ2) is 5.27. The van der Waals surface area contributed by atoms with Gasteiger partial charge in [-0.15, -0.1) is 10.2 Å². The van der Waals surface area contributed by atoms with Crippen molar-refractivity contribution >= 4 is 45.3 Å². The number of rotatable bonds is 3. The van der Waals surface area contributed by atoms with Gasteiger partial charge in [-0.25, -0.2) is 0 Å². The minimum Gasteiger partial charge on any atom is -0.297 e. The Bertz CT molecular complexity index is 552. The van der Waals surface area contributed by atoms with Crippen LogP contribution in [0.2, 0.25) is 0 Å². The zero-order valence-corrected chi connectivity index (χ0v) is 10.9. The number of carbonyl (C=O) groups is 3. The molecule has 94 valence electrons. The summed E-state index contributed by atoms with van der Waals surface area (Å²) >= 11 is 1.95. The van der Waals surface area contributed by atoms with Gasteiger partial charge >= 0.3 is 0 Å². The molecule has 0 saturated carbocycles. The summed E-state index contributed by atoms with van der Waals surface area (Å²) in [5.74, 6) is -1.08. The monoisotopic (exact) mass is 284 g/mol. The van der Waals surface area contributed by atoms with E-state index in [9.17, 15) is 14.4 Å². The van der Waals surface area contributed by atoms with Crippen molar-refractivity contribution in [1.82, 2.24) is 15.5 Å². The summed E-state index contributed by atoms with van der Waals surface area (Å²) in [4.78, 5) is 33.7. The third-order valence-electron chi connectivity index (χ3n) is 1.90. The minimum atomic E-state index is -0.563. The lowest BCUT2D eigenvalue weighted by atomic mass is 10.4. The smallest absolute Gasteiger partial charge is 0.290 e. The van der Waals surface area contributed by atoms with Crippen LogP contribution >= 0.6 is 23.1 Å². The molecule has 0 atom stereocenters. The van der Waals surface area contributed by atoms with Gasteiger partial charge in [-0.3, -0.25) is 25.0 Å². The molecule has 2 rings (SSSR count). The second-order valence-corrected chi connectivity index (χ2v) is 5.27. The molecule has 0 bridgehead atoms. The molecule has 0 spiro atoms. The number of nitrogens with one attached hydrogen (secondary N) is 2. The molecule has 3 amide bonds. The Morgan fingerprint density at radius 2 is 2.22 bits per heavy atom. The standard InChI is InChI=1S/C9H8N4O3S2/c1-2-6-12-13-8(18-6)10-5(14)3-4-7(15)11-9(16)17-4/h3H,2H2,1H3,(H,10,13,14)(H,11,15,16)/b4-3-. The summed E-state index contributed by atoms with van der Waals surface area (Å²) in [6.45, 7) is 1.93. The van der Waals surface area contributed by atoms with Gasteiger partial charge in [0.25, 0.3) is 17.1 Å². The summed E-state index contributed by atoms with van der Waals surface area (Å²) < 4.78 is 0. The summed E-state index contributed by atoms with van der Waals surface area (Å²) in [5.41, 5.74) is 0. The molecule has 1 aromatic rings. The fraction of sp³-hybridized carbons (Fsp3) is 0.222. The van der Waals surface area contributed by atoms with Crippen LogP contribution in [0.15, 0.2) is 11.0 Å². The van der Waals surface area contributed by atoms with Gasteiger partial charge < -0.3 is 0 Å². The number of hydrogen-bond acceptors (Lipinski definition) is 7. The van der Waals surface area contributed by atoms with Crippen molar-refractivity contribution in [2.45, 2.75) is 13.3 Å². The van der Waals surface area contributed by atoms with Crippen molar-refractivity contribution in [3.8, 4) is 0 Å². The average Bonchev–Trinajstić information content (AvgIpc) is 2.86. The van der Waals surface area contributed by atoms with Gasteiger partial charge in [0.15, 0.2) is 0 Å². The van der Waals surface area contributed by atoms with E-state index in [0.29, 0.717) is 16.9 Å². The van der Waals surface area contributed by atoms with Crippen molar-refractivity contribution in [2.75, 3.05) is 5.32 Å². The van der Waals surface area contributed by atoms with Crippen LogP contribution in [0.3, 0.4) is 0 Å². The Kier molecular flexibility index (Phi) is 3.72. The van der Waals surface area contributed by atoms with Crippen LogP contribution in [0.4, 0.5) is 9.93 Å². The van der Waals surface area contributed by atoms with Gasteiger partial charge in [-0.05, 0) is 18.2 Å². The minimum absolute atomic E-state index is 0.0673. The Morgan fingerprint density at radius 3 is 2.78 bits per heavy atom. The van der Waals surface area contributed by atoms with Crippen molar-refractivity contribution in [1.29, 1.82) is 0 Å². The first kappa shape index (κ1) is 12.7.